The van der Waals surface area contributed by atoms with E-state index in [1.54, 1.807) is 0 Å². The average Bonchev–Trinajstić information content (AvgIpc) is 3.10. The minimum atomic E-state index is 0.298. The van der Waals surface area contributed by atoms with E-state index >= 15 is 0 Å². The van der Waals surface area contributed by atoms with Crippen LogP contribution < -0.4 is 5.32 Å². The molecule has 6 heteroatoms. The summed E-state index contributed by atoms with van der Waals surface area (Å²) in [6.45, 7) is 7.74. The first-order valence-electron chi connectivity index (χ1n) is 7.59. The van der Waals surface area contributed by atoms with Gasteiger partial charge in [0.25, 0.3) is 0 Å². The Hall–Kier alpha value is -2.21. The molecule has 0 saturated carbocycles. The highest BCUT2D eigenvalue weighted by Gasteiger charge is 2.09. The molecule has 1 N–H and O–H groups in total. The lowest BCUT2D eigenvalue weighted by molar-refractivity contribution is 0.369. The van der Waals surface area contributed by atoms with Gasteiger partial charge in [0.15, 0.2) is 5.82 Å². The zero-order chi connectivity index (χ0) is 15.5. The van der Waals surface area contributed by atoms with E-state index in [-0.39, 0.29) is 0 Å². The Morgan fingerprint density at radius 1 is 1.32 bits per heavy atom. The molecule has 0 amide bonds. The van der Waals surface area contributed by atoms with Gasteiger partial charge < -0.3 is 14.2 Å². The van der Waals surface area contributed by atoms with Crippen LogP contribution in [0.3, 0.4) is 0 Å². The Morgan fingerprint density at radius 3 is 2.95 bits per heavy atom. The van der Waals surface area contributed by atoms with Crippen molar-refractivity contribution in [2.24, 2.45) is 0 Å². The molecular formula is C16H21N5O. The summed E-state index contributed by atoms with van der Waals surface area (Å²) in [5.74, 6) is 1.75. The number of hydrogen-bond donors (Lipinski definition) is 1. The second kappa shape index (κ2) is 6.27. The molecule has 0 saturated heterocycles. The fourth-order valence-corrected chi connectivity index (χ4v) is 2.28. The van der Waals surface area contributed by atoms with Gasteiger partial charge in [-0.15, -0.1) is 0 Å². The summed E-state index contributed by atoms with van der Waals surface area (Å²) < 4.78 is 7.35. The Balaban J connectivity index is 1.54. The summed E-state index contributed by atoms with van der Waals surface area (Å²) in [5, 5.41) is 7.36. The van der Waals surface area contributed by atoms with Crippen LogP contribution in [0.4, 0.5) is 0 Å². The van der Waals surface area contributed by atoms with E-state index in [4.69, 9.17) is 4.52 Å². The molecule has 3 heterocycles. The zero-order valence-electron chi connectivity index (χ0n) is 13.2. The molecule has 116 valence electrons. The van der Waals surface area contributed by atoms with Crippen LogP contribution in [0.25, 0.3) is 5.65 Å². The molecule has 0 spiro atoms. The molecule has 22 heavy (non-hydrogen) atoms. The molecule has 0 aliphatic carbocycles. The molecule has 0 atom stereocenters. The van der Waals surface area contributed by atoms with Gasteiger partial charge in [0.1, 0.15) is 5.65 Å². The van der Waals surface area contributed by atoms with E-state index in [0.29, 0.717) is 11.8 Å². The van der Waals surface area contributed by atoms with Crippen molar-refractivity contribution in [2.45, 2.75) is 39.7 Å². The molecule has 3 aromatic heterocycles. The van der Waals surface area contributed by atoms with Crippen LogP contribution in [-0.2, 0) is 13.0 Å². The van der Waals surface area contributed by atoms with Crippen molar-refractivity contribution in [3.8, 4) is 0 Å². The van der Waals surface area contributed by atoms with Gasteiger partial charge >= 0.3 is 0 Å². The number of fused-ring (bicyclic) bond motifs is 1. The Labute approximate surface area is 129 Å². The van der Waals surface area contributed by atoms with Crippen molar-refractivity contribution < 1.29 is 4.52 Å². The molecular weight excluding hydrogens is 278 g/mol. The van der Waals surface area contributed by atoms with Crippen molar-refractivity contribution in [2.75, 3.05) is 6.54 Å². The van der Waals surface area contributed by atoms with Gasteiger partial charge in [0.2, 0.25) is 5.89 Å². The number of pyridine rings is 1. The second-order valence-corrected chi connectivity index (χ2v) is 5.81. The van der Waals surface area contributed by atoms with E-state index in [2.05, 4.69) is 57.9 Å². The van der Waals surface area contributed by atoms with Crippen LogP contribution in [0.1, 0.15) is 42.7 Å². The Kier molecular flexibility index (Phi) is 4.20. The summed E-state index contributed by atoms with van der Waals surface area (Å²) >= 11 is 0. The Bertz CT molecular complexity index is 759. The smallest absolute Gasteiger partial charge is 0.227 e. The fourth-order valence-electron chi connectivity index (χ4n) is 2.28. The number of aromatic nitrogens is 4. The standard InChI is InChI=1S/C16H21N5O/c1-11(2)16-19-15(22-20-16)6-7-17-8-13-9-18-14-5-4-12(3)10-21(13)14/h4-5,9-11,17H,6-8H2,1-3H3. The van der Waals surface area contributed by atoms with E-state index in [9.17, 15) is 0 Å². The normalized spacial score (nSPS) is 11.6. The first-order chi connectivity index (χ1) is 10.6. The lowest BCUT2D eigenvalue weighted by Crippen LogP contribution is -2.18. The SMILES string of the molecule is Cc1ccc2ncc(CNCCc3nc(C(C)C)no3)n2c1. The first-order valence-corrected chi connectivity index (χ1v) is 7.59. The summed E-state index contributed by atoms with van der Waals surface area (Å²) in [5.41, 5.74) is 3.34. The molecule has 6 nitrogen and oxygen atoms in total. The highest BCUT2D eigenvalue weighted by Crippen LogP contribution is 2.10. The number of rotatable bonds is 6. The van der Waals surface area contributed by atoms with Crippen LogP contribution in [0.2, 0.25) is 0 Å². The minimum Gasteiger partial charge on any atom is -0.339 e. The quantitative estimate of drug-likeness (QED) is 0.708. The predicted molar refractivity (Wildman–Crippen MR) is 83.7 cm³/mol. The van der Waals surface area contributed by atoms with Crippen LogP contribution in [-0.4, -0.2) is 26.1 Å². The summed E-state index contributed by atoms with van der Waals surface area (Å²) in [6.07, 6.45) is 4.74. The minimum absolute atomic E-state index is 0.298. The number of imidazole rings is 1. The monoisotopic (exact) mass is 299 g/mol. The van der Waals surface area contributed by atoms with Crippen molar-refractivity contribution in [3.05, 3.63) is 47.5 Å². The van der Waals surface area contributed by atoms with Gasteiger partial charge in [-0.2, -0.15) is 4.98 Å². The van der Waals surface area contributed by atoms with Crippen molar-refractivity contribution >= 4 is 5.65 Å². The topological polar surface area (TPSA) is 68.2 Å². The van der Waals surface area contributed by atoms with E-state index in [1.165, 1.54) is 5.56 Å². The molecule has 0 aromatic carbocycles. The van der Waals surface area contributed by atoms with Crippen LogP contribution in [0, 0.1) is 6.92 Å². The molecule has 0 aliphatic heterocycles. The molecule has 0 bridgehead atoms. The molecule has 0 aliphatic rings. The first kappa shape index (κ1) is 14.7. The van der Waals surface area contributed by atoms with Crippen molar-refractivity contribution in [3.63, 3.8) is 0 Å². The van der Waals surface area contributed by atoms with Gasteiger partial charge in [-0.3, -0.25) is 0 Å². The van der Waals surface area contributed by atoms with Gasteiger partial charge in [0, 0.05) is 31.6 Å². The maximum absolute atomic E-state index is 5.23. The number of nitrogens with one attached hydrogen (secondary N) is 1. The second-order valence-electron chi connectivity index (χ2n) is 5.81. The van der Waals surface area contributed by atoms with Crippen LogP contribution >= 0.6 is 0 Å². The highest BCUT2D eigenvalue weighted by atomic mass is 16.5. The molecule has 3 rings (SSSR count). The molecule has 0 unspecified atom stereocenters. The third-order valence-electron chi connectivity index (χ3n) is 3.55. The van der Waals surface area contributed by atoms with Crippen LogP contribution in [0.5, 0.6) is 0 Å². The lowest BCUT2D eigenvalue weighted by atomic mass is 10.2. The van der Waals surface area contributed by atoms with Gasteiger partial charge in [0.05, 0.1) is 11.9 Å². The lowest BCUT2D eigenvalue weighted by Gasteiger charge is -2.04. The summed E-state index contributed by atoms with van der Waals surface area (Å²) in [6, 6.07) is 4.10. The molecule has 3 aromatic rings. The third kappa shape index (κ3) is 3.17. The highest BCUT2D eigenvalue weighted by molar-refractivity contribution is 5.41. The Morgan fingerprint density at radius 2 is 2.18 bits per heavy atom. The van der Waals surface area contributed by atoms with Gasteiger partial charge in [-0.1, -0.05) is 25.1 Å². The van der Waals surface area contributed by atoms with E-state index in [1.807, 2.05) is 12.3 Å². The summed E-state index contributed by atoms with van der Waals surface area (Å²) in [7, 11) is 0. The van der Waals surface area contributed by atoms with E-state index < -0.39 is 0 Å². The summed E-state index contributed by atoms with van der Waals surface area (Å²) in [4.78, 5) is 8.77. The zero-order valence-corrected chi connectivity index (χ0v) is 13.2. The maximum Gasteiger partial charge on any atom is 0.227 e. The maximum atomic E-state index is 5.23. The number of hydrogen-bond acceptors (Lipinski definition) is 5. The molecule has 0 radical (unpaired) electrons. The molecule has 0 fully saturated rings. The van der Waals surface area contributed by atoms with Crippen LogP contribution in [0.15, 0.2) is 29.0 Å². The number of nitrogens with zero attached hydrogens (tertiary/aromatic N) is 4. The average molecular weight is 299 g/mol. The largest absolute Gasteiger partial charge is 0.339 e. The third-order valence-corrected chi connectivity index (χ3v) is 3.55. The number of aryl methyl sites for hydroxylation is 1. The predicted octanol–water partition coefficient (Wildman–Crippen LogP) is 2.48. The fraction of sp³-hybridized carbons (Fsp3) is 0.438. The van der Waals surface area contributed by atoms with Gasteiger partial charge in [-0.05, 0) is 18.6 Å². The van der Waals surface area contributed by atoms with Gasteiger partial charge in [-0.25, -0.2) is 4.98 Å². The van der Waals surface area contributed by atoms with E-state index in [0.717, 1.165) is 36.7 Å². The van der Waals surface area contributed by atoms with Crippen molar-refractivity contribution in [1.82, 2.24) is 24.8 Å². The van der Waals surface area contributed by atoms with Crippen molar-refractivity contribution in [1.29, 1.82) is 0 Å².